The highest BCUT2D eigenvalue weighted by molar-refractivity contribution is 5.59. The first kappa shape index (κ1) is 11.7. The summed E-state index contributed by atoms with van der Waals surface area (Å²) < 4.78 is 5.51. The van der Waals surface area contributed by atoms with Crippen molar-refractivity contribution >= 4 is 11.4 Å². The molecule has 4 nitrogen and oxygen atoms in total. The molecule has 17 heavy (non-hydrogen) atoms. The van der Waals surface area contributed by atoms with Crippen molar-refractivity contribution in [1.82, 2.24) is 0 Å². The quantitative estimate of drug-likeness (QED) is 0.785. The summed E-state index contributed by atoms with van der Waals surface area (Å²) in [5.74, 6) is 0. The van der Waals surface area contributed by atoms with Crippen LogP contribution >= 0.6 is 0 Å². The number of nitriles is 1. The summed E-state index contributed by atoms with van der Waals surface area (Å²) in [6.45, 7) is 4.59. The highest BCUT2D eigenvalue weighted by Gasteiger charge is 2.17. The first-order chi connectivity index (χ1) is 8.20. The van der Waals surface area contributed by atoms with Gasteiger partial charge in [-0.3, -0.25) is 0 Å². The third kappa shape index (κ3) is 2.69. The van der Waals surface area contributed by atoms with Gasteiger partial charge in [0.05, 0.1) is 25.2 Å². The molecule has 1 aliphatic heterocycles. The van der Waals surface area contributed by atoms with Crippen molar-refractivity contribution in [2.45, 2.75) is 19.4 Å². The van der Waals surface area contributed by atoms with E-state index in [1.54, 1.807) is 0 Å². The molecule has 0 saturated carbocycles. The summed E-state index contributed by atoms with van der Waals surface area (Å²) in [6.07, 6.45) is 0.611. The van der Waals surface area contributed by atoms with Crippen LogP contribution in [0, 0.1) is 11.3 Å². The number of rotatable bonds is 2. The molecule has 1 heterocycles. The number of benzene rings is 1. The Morgan fingerprint density at radius 3 is 3.12 bits per heavy atom. The highest BCUT2D eigenvalue weighted by Crippen LogP contribution is 2.23. The number of hydrogen-bond donors (Lipinski definition) is 1. The van der Waals surface area contributed by atoms with E-state index in [1.807, 2.05) is 18.2 Å². The van der Waals surface area contributed by atoms with Crippen LogP contribution in [0.25, 0.3) is 0 Å². The van der Waals surface area contributed by atoms with Crippen molar-refractivity contribution in [1.29, 1.82) is 5.26 Å². The molecule has 0 spiro atoms. The number of nitrogen functional groups attached to an aromatic ring is 1. The van der Waals surface area contributed by atoms with Gasteiger partial charge in [0.15, 0.2) is 0 Å². The lowest BCUT2D eigenvalue weighted by atomic mass is 10.1. The van der Waals surface area contributed by atoms with Gasteiger partial charge < -0.3 is 15.4 Å². The van der Waals surface area contributed by atoms with Gasteiger partial charge in [-0.1, -0.05) is 0 Å². The van der Waals surface area contributed by atoms with Crippen LogP contribution in [0.15, 0.2) is 18.2 Å². The second-order valence-electron chi connectivity index (χ2n) is 4.35. The number of anilines is 2. The van der Waals surface area contributed by atoms with Crippen LogP contribution in [-0.4, -0.2) is 25.8 Å². The molecule has 2 N–H and O–H groups in total. The largest absolute Gasteiger partial charge is 0.398 e. The Hall–Kier alpha value is -1.73. The topological polar surface area (TPSA) is 62.3 Å². The van der Waals surface area contributed by atoms with Gasteiger partial charge in [0.25, 0.3) is 0 Å². The monoisotopic (exact) mass is 231 g/mol. The standard InChI is InChI=1S/C13H17N3O/c1-10-9-16(6-7-17-10)12-2-3-13(15)11(8-12)4-5-14/h2-3,8,10H,4,6-7,9,15H2,1H3. The summed E-state index contributed by atoms with van der Waals surface area (Å²) in [7, 11) is 0. The lowest BCUT2D eigenvalue weighted by Crippen LogP contribution is -2.41. The molecule has 0 bridgehead atoms. The van der Waals surface area contributed by atoms with E-state index in [4.69, 9.17) is 15.7 Å². The van der Waals surface area contributed by atoms with Crippen LogP contribution in [0.1, 0.15) is 12.5 Å². The molecule has 2 rings (SSSR count). The normalized spacial score (nSPS) is 20.0. The fourth-order valence-electron chi connectivity index (χ4n) is 2.08. The van der Waals surface area contributed by atoms with Crippen LogP contribution in [0.2, 0.25) is 0 Å². The predicted octanol–water partition coefficient (Wildman–Crippen LogP) is 1.56. The fourth-order valence-corrected chi connectivity index (χ4v) is 2.08. The molecule has 0 amide bonds. The molecule has 1 unspecified atom stereocenters. The number of ether oxygens (including phenoxy) is 1. The maximum absolute atomic E-state index is 8.75. The maximum Gasteiger partial charge on any atom is 0.0722 e. The van der Waals surface area contributed by atoms with Crippen molar-refractivity contribution in [2.24, 2.45) is 0 Å². The number of nitrogens with two attached hydrogens (primary N) is 1. The van der Waals surface area contributed by atoms with E-state index in [1.165, 1.54) is 0 Å². The van der Waals surface area contributed by atoms with Crippen LogP contribution in [0.5, 0.6) is 0 Å². The second-order valence-corrected chi connectivity index (χ2v) is 4.35. The van der Waals surface area contributed by atoms with E-state index in [9.17, 15) is 0 Å². The third-order valence-corrected chi connectivity index (χ3v) is 3.00. The zero-order valence-corrected chi connectivity index (χ0v) is 10.0. The summed E-state index contributed by atoms with van der Waals surface area (Å²) in [5, 5.41) is 8.75. The van der Waals surface area contributed by atoms with E-state index >= 15 is 0 Å². The van der Waals surface area contributed by atoms with Crippen LogP contribution in [0.3, 0.4) is 0 Å². The molecule has 1 saturated heterocycles. The Morgan fingerprint density at radius 1 is 1.59 bits per heavy atom. The molecule has 1 aliphatic rings. The minimum atomic E-state index is 0.251. The molecule has 1 fully saturated rings. The Kier molecular flexibility index (Phi) is 3.50. The Morgan fingerprint density at radius 2 is 2.41 bits per heavy atom. The third-order valence-electron chi connectivity index (χ3n) is 3.00. The number of nitrogens with zero attached hydrogens (tertiary/aromatic N) is 2. The number of morpholine rings is 1. The zero-order chi connectivity index (χ0) is 12.3. The minimum Gasteiger partial charge on any atom is -0.398 e. The summed E-state index contributed by atoms with van der Waals surface area (Å²) in [6, 6.07) is 8.04. The van der Waals surface area contributed by atoms with Crippen molar-refractivity contribution < 1.29 is 4.74 Å². The summed E-state index contributed by atoms with van der Waals surface area (Å²) in [4.78, 5) is 2.27. The van der Waals surface area contributed by atoms with Gasteiger partial charge in [0.1, 0.15) is 0 Å². The van der Waals surface area contributed by atoms with Gasteiger partial charge in [-0.25, -0.2) is 0 Å². The molecule has 0 aliphatic carbocycles. The summed E-state index contributed by atoms with van der Waals surface area (Å²) in [5.41, 5.74) is 8.56. The summed E-state index contributed by atoms with van der Waals surface area (Å²) >= 11 is 0. The molecule has 0 aromatic heterocycles. The van der Waals surface area contributed by atoms with Gasteiger partial charge in [-0.2, -0.15) is 5.26 Å². The second kappa shape index (κ2) is 5.07. The van der Waals surface area contributed by atoms with Gasteiger partial charge in [-0.15, -0.1) is 0 Å². The lowest BCUT2D eigenvalue weighted by Gasteiger charge is -2.33. The van der Waals surface area contributed by atoms with Gasteiger partial charge in [-0.05, 0) is 30.7 Å². The van der Waals surface area contributed by atoms with Crippen molar-refractivity contribution in [3.8, 4) is 6.07 Å². The van der Waals surface area contributed by atoms with Gasteiger partial charge in [0.2, 0.25) is 0 Å². The average molecular weight is 231 g/mol. The Balaban J connectivity index is 2.21. The molecular weight excluding hydrogens is 214 g/mol. The Bertz CT molecular complexity index is 439. The molecule has 90 valence electrons. The van der Waals surface area contributed by atoms with Crippen molar-refractivity contribution in [3.63, 3.8) is 0 Å². The lowest BCUT2D eigenvalue weighted by molar-refractivity contribution is 0.0532. The molecular formula is C13H17N3O. The van der Waals surface area contributed by atoms with E-state index in [2.05, 4.69) is 17.9 Å². The molecule has 1 atom stereocenters. The van der Waals surface area contributed by atoms with Crippen molar-refractivity contribution in [3.05, 3.63) is 23.8 Å². The highest BCUT2D eigenvalue weighted by atomic mass is 16.5. The van der Waals surface area contributed by atoms with Crippen molar-refractivity contribution in [2.75, 3.05) is 30.3 Å². The van der Waals surface area contributed by atoms with Crippen LogP contribution < -0.4 is 10.6 Å². The first-order valence-electron chi connectivity index (χ1n) is 5.82. The van der Waals surface area contributed by atoms with Crippen LogP contribution in [-0.2, 0) is 11.2 Å². The SMILES string of the molecule is CC1CN(c2ccc(N)c(CC#N)c2)CCO1. The Labute approximate surface area is 102 Å². The maximum atomic E-state index is 8.75. The van der Waals surface area contributed by atoms with Crippen LogP contribution in [0.4, 0.5) is 11.4 Å². The van der Waals surface area contributed by atoms with E-state index < -0.39 is 0 Å². The minimum absolute atomic E-state index is 0.251. The first-order valence-corrected chi connectivity index (χ1v) is 5.82. The molecule has 0 radical (unpaired) electrons. The predicted molar refractivity (Wildman–Crippen MR) is 67.8 cm³/mol. The van der Waals surface area contributed by atoms with E-state index in [0.29, 0.717) is 12.1 Å². The van der Waals surface area contributed by atoms with Gasteiger partial charge in [0, 0.05) is 24.5 Å². The van der Waals surface area contributed by atoms with Gasteiger partial charge >= 0.3 is 0 Å². The average Bonchev–Trinajstić information content (AvgIpc) is 2.32. The molecule has 4 heteroatoms. The zero-order valence-electron chi connectivity index (χ0n) is 10.0. The van der Waals surface area contributed by atoms with E-state index in [-0.39, 0.29) is 6.10 Å². The smallest absolute Gasteiger partial charge is 0.0722 e. The van der Waals surface area contributed by atoms with E-state index in [0.717, 1.165) is 30.9 Å². The number of hydrogen-bond acceptors (Lipinski definition) is 4. The fraction of sp³-hybridized carbons (Fsp3) is 0.462. The molecule has 1 aromatic rings. The molecule has 1 aromatic carbocycles.